The number of nitrogens with two attached hydrogens (primary N) is 1. The van der Waals surface area contributed by atoms with Crippen molar-refractivity contribution >= 4 is 15.9 Å². The molecule has 18 heavy (non-hydrogen) atoms. The monoisotopic (exact) mass is 274 g/mol. The molecule has 1 aromatic rings. The fourth-order valence-corrected chi connectivity index (χ4v) is 1.79. The molecule has 0 bridgehead atoms. The van der Waals surface area contributed by atoms with Crippen molar-refractivity contribution in [2.24, 2.45) is 11.1 Å². The fraction of sp³-hybridized carbons (Fsp3) is 0.364. The van der Waals surface area contributed by atoms with E-state index in [-0.39, 0.29) is 16.4 Å². The van der Waals surface area contributed by atoms with Crippen molar-refractivity contribution in [1.29, 1.82) is 0 Å². The molecule has 0 saturated carbocycles. The maximum atomic E-state index is 13.4. The summed E-state index contributed by atoms with van der Waals surface area (Å²) in [4.78, 5) is 11.4. The van der Waals surface area contributed by atoms with Crippen LogP contribution >= 0.6 is 0 Å². The van der Waals surface area contributed by atoms with E-state index in [9.17, 15) is 17.6 Å². The van der Waals surface area contributed by atoms with Crippen LogP contribution in [-0.2, 0) is 10.0 Å². The number of amides is 1. The van der Waals surface area contributed by atoms with Crippen LogP contribution in [0.25, 0.3) is 0 Å². The van der Waals surface area contributed by atoms with E-state index in [0.29, 0.717) is 6.54 Å². The first-order valence-electron chi connectivity index (χ1n) is 5.32. The molecular weight excluding hydrogens is 259 g/mol. The molecule has 0 unspecified atom stereocenters. The van der Waals surface area contributed by atoms with Crippen LogP contribution in [0.4, 0.5) is 4.39 Å². The normalized spacial score (nSPS) is 11.6. The number of carbonyl (C=O) groups excluding carboxylic acids is 1. The third kappa shape index (κ3) is 3.78. The number of halogens is 1. The van der Waals surface area contributed by atoms with Gasteiger partial charge in [-0.15, -0.1) is 0 Å². The molecule has 0 fully saturated rings. The Morgan fingerprint density at radius 1 is 1.44 bits per heavy atom. The quantitative estimate of drug-likeness (QED) is 0.853. The molecule has 100 valence electrons. The molecule has 0 radical (unpaired) electrons. The molecule has 0 aliphatic heterocycles. The lowest BCUT2D eigenvalue weighted by Gasteiger charge is -2.09. The first-order chi connectivity index (χ1) is 8.21. The molecule has 3 N–H and O–H groups in total. The predicted molar refractivity (Wildman–Crippen MR) is 64.9 cm³/mol. The summed E-state index contributed by atoms with van der Waals surface area (Å²) in [6.45, 7) is 4.15. The van der Waals surface area contributed by atoms with Crippen LogP contribution in [0.5, 0.6) is 0 Å². The van der Waals surface area contributed by atoms with E-state index < -0.39 is 21.7 Å². The Hall–Kier alpha value is -1.47. The predicted octanol–water partition coefficient (Wildman–Crippen LogP) is 0.859. The van der Waals surface area contributed by atoms with E-state index in [1.54, 1.807) is 0 Å². The number of benzene rings is 1. The summed E-state index contributed by atoms with van der Waals surface area (Å²) < 4.78 is 35.7. The van der Waals surface area contributed by atoms with Crippen molar-refractivity contribution in [2.75, 3.05) is 6.54 Å². The molecule has 1 amide bonds. The van der Waals surface area contributed by atoms with Gasteiger partial charge in [0.05, 0.1) is 10.5 Å². The van der Waals surface area contributed by atoms with E-state index in [2.05, 4.69) is 5.32 Å². The minimum Gasteiger partial charge on any atom is -0.352 e. The molecule has 5 nitrogen and oxygen atoms in total. The Balaban J connectivity index is 3.05. The van der Waals surface area contributed by atoms with E-state index in [1.165, 1.54) is 0 Å². The summed E-state index contributed by atoms with van der Waals surface area (Å²) in [5.74, 6) is -1.24. The molecule has 0 atom stereocenters. The van der Waals surface area contributed by atoms with E-state index in [1.807, 2.05) is 13.8 Å². The summed E-state index contributed by atoms with van der Waals surface area (Å²) in [5, 5.41) is 7.42. The Bertz CT molecular complexity index is 555. The van der Waals surface area contributed by atoms with Crippen molar-refractivity contribution in [2.45, 2.75) is 18.7 Å². The number of nitrogens with one attached hydrogen (secondary N) is 1. The van der Waals surface area contributed by atoms with Gasteiger partial charge in [-0.2, -0.15) is 0 Å². The lowest BCUT2D eigenvalue weighted by atomic mass is 10.2. The van der Waals surface area contributed by atoms with E-state index >= 15 is 0 Å². The zero-order valence-corrected chi connectivity index (χ0v) is 10.9. The summed E-state index contributed by atoms with van der Waals surface area (Å²) in [6.07, 6.45) is 0. The second kappa shape index (κ2) is 5.45. The lowest BCUT2D eigenvalue weighted by Crippen LogP contribution is -2.28. The van der Waals surface area contributed by atoms with Gasteiger partial charge in [-0.1, -0.05) is 13.8 Å². The molecule has 0 saturated heterocycles. The van der Waals surface area contributed by atoms with Crippen LogP contribution < -0.4 is 10.5 Å². The highest BCUT2D eigenvalue weighted by Gasteiger charge is 2.16. The van der Waals surface area contributed by atoms with Crippen molar-refractivity contribution < 1.29 is 17.6 Å². The van der Waals surface area contributed by atoms with E-state index in [0.717, 1.165) is 18.2 Å². The molecule has 7 heteroatoms. The SMILES string of the molecule is CC(C)CNC(=O)c1cc(S(N)(=O)=O)ccc1F. The van der Waals surface area contributed by atoms with Crippen LogP contribution in [0, 0.1) is 11.7 Å². The number of rotatable bonds is 4. The summed E-state index contributed by atoms with van der Waals surface area (Å²) >= 11 is 0. The second-order valence-electron chi connectivity index (χ2n) is 4.29. The maximum Gasteiger partial charge on any atom is 0.254 e. The highest BCUT2D eigenvalue weighted by atomic mass is 32.2. The average molecular weight is 274 g/mol. The van der Waals surface area contributed by atoms with Gasteiger partial charge in [0.15, 0.2) is 0 Å². The number of hydrogen-bond donors (Lipinski definition) is 2. The van der Waals surface area contributed by atoms with Gasteiger partial charge in [0.2, 0.25) is 10.0 Å². The van der Waals surface area contributed by atoms with Gasteiger partial charge in [-0.3, -0.25) is 4.79 Å². The van der Waals surface area contributed by atoms with Crippen LogP contribution in [0.2, 0.25) is 0 Å². The number of primary sulfonamides is 1. The summed E-state index contributed by atoms with van der Waals surface area (Å²) in [7, 11) is -3.95. The first-order valence-corrected chi connectivity index (χ1v) is 6.87. The third-order valence-electron chi connectivity index (χ3n) is 2.18. The van der Waals surface area contributed by atoms with Gasteiger partial charge in [0, 0.05) is 6.54 Å². The molecule has 1 rings (SSSR count). The van der Waals surface area contributed by atoms with Crippen molar-refractivity contribution in [3.8, 4) is 0 Å². The second-order valence-corrected chi connectivity index (χ2v) is 5.85. The van der Waals surface area contributed by atoms with Crippen LogP contribution in [-0.4, -0.2) is 20.9 Å². The molecule has 0 heterocycles. The first kappa shape index (κ1) is 14.6. The summed E-state index contributed by atoms with van der Waals surface area (Å²) in [6, 6.07) is 2.86. The Morgan fingerprint density at radius 3 is 2.56 bits per heavy atom. The zero-order chi connectivity index (χ0) is 13.9. The lowest BCUT2D eigenvalue weighted by molar-refractivity contribution is 0.0944. The highest BCUT2D eigenvalue weighted by Crippen LogP contribution is 2.14. The van der Waals surface area contributed by atoms with Crippen LogP contribution in [0.1, 0.15) is 24.2 Å². The minimum atomic E-state index is -3.95. The molecule has 0 aliphatic carbocycles. The third-order valence-corrected chi connectivity index (χ3v) is 3.09. The van der Waals surface area contributed by atoms with Crippen LogP contribution in [0.15, 0.2) is 23.1 Å². The largest absolute Gasteiger partial charge is 0.352 e. The van der Waals surface area contributed by atoms with Gasteiger partial charge < -0.3 is 5.32 Å². The Kier molecular flexibility index (Phi) is 4.42. The number of carbonyl (C=O) groups is 1. The molecular formula is C11H15FN2O3S. The smallest absolute Gasteiger partial charge is 0.254 e. The highest BCUT2D eigenvalue weighted by molar-refractivity contribution is 7.89. The topological polar surface area (TPSA) is 89.3 Å². The van der Waals surface area contributed by atoms with Crippen molar-refractivity contribution in [3.05, 3.63) is 29.6 Å². The van der Waals surface area contributed by atoms with Gasteiger partial charge in [0.1, 0.15) is 5.82 Å². The van der Waals surface area contributed by atoms with Gasteiger partial charge in [-0.05, 0) is 24.1 Å². The molecule has 0 spiro atoms. The molecule has 0 aliphatic rings. The van der Waals surface area contributed by atoms with Crippen molar-refractivity contribution in [1.82, 2.24) is 5.32 Å². The fourth-order valence-electron chi connectivity index (χ4n) is 1.25. The Morgan fingerprint density at radius 2 is 2.06 bits per heavy atom. The Labute approximate surface area is 105 Å². The maximum absolute atomic E-state index is 13.4. The van der Waals surface area contributed by atoms with Crippen LogP contribution in [0.3, 0.4) is 0 Å². The molecule has 1 aromatic carbocycles. The summed E-state index contributed by atoms with van der Waals surface area (Å²) in [5.41, 5.74) is -0.331. The number of sulfonamides is 1. The minimum absolute atomic E-state index is 0.207. The van der Waals surface area contributed by atoms with Gasteiger partial charge >= 0.3 is 0 Å². The van der Waals surface area contributed by atoms with Crippen molar-refractivity contribution in [3.63, 3.8) is 0 Å². The molecule has 0 aromatic heterocycles. The van der Waals surface area contributed by atoms with Gasteiger partial charge in [-0.25, -0.2) is 17.9 Å². The average Bonchev–Trinajstić information content (AvgIpc) is 2.24. The van der Waals surface area contributed by atoms with E-state index in [4.69, 9.17) is 5.14 Å². The zero-order valence-electron chi connectivity index (χ0n) is 10.1. The standard InChI is InChI=1S/C11H15FN2O3S/c1-7(2)6-14-11(15)9-5-8(18(13,16)17)3-4-10(9)12/h3-5,7H,6H2,1-2H3,(H,14,15)(H2,13,16,17). The number of hydrogen-bond acceptors (Lipinski definition) is 3. The van der Waals surface area contributed by atoms with Gasteiger partial charge in [0.25, 0.3) is 5.91 Å².